The first-order chi connectivity index (χ1) is 8.51. The predicted molar refractivity (Wildman–Crippen MR) is 79.9 cm³/mol. The molecule has 0 aromatic heterocycles. The number of alkyl halides is 3. The highest BCUT2D eigenvalue weighted by Gasteiger charge is 2.77. The van der Waals surface area contributed by atoms with E-state index in [0.29, 0.717) is 0 Å². The van der Waals surface area contributed by atoms with Gasteiger partial charge in [0, 0.05) is 0 Å². The number of esters is 1. The van der Waals surface area contributed by atoms with E-state index in [1.165, 1.54) is 13.8 Å². The molecule has 1 amide bonds. The second-order valence-corrected chi connectivity index (χ2v) is 10.3. The number of halogens is 3. The molecule has 0 N–H and O–H groups in total. The van der Waals surface area contributed by atoms with Crippen molar-refractivity contribution in [2.75, 3.05) is 4.61 Å². The van der Waals surface area contributed by atoms with Crippen LogP contribution in [0.25, 0.3) is 0 Å². The number of β-lactam (4-membered cyclic amide) rings is 1. The first kappa shape index (κ1) is 15.8. The Bertz CT molecular complexity index is 563. The maximum Gasteiger partial charge on any atom is 0.331 e. The van der Waals surface area contributed by atoms with Crippen molar-refractivity contribution < 1.29 is 22.7 Å². The van der Waals surface area contributed by atoms with Crippen LogP contribution < -0.4 is 0 Å². The number of carbonyl (C=O) groups excluding carboxylic acids is 2. The fourth-order valence-electron chi connectivity index (χ4n) is 2.40. The molecule has 6 nitrogen and oxygen atoms in total. The summed E-state index contributed by atoms with van der Waals surface area (Å²) in [4.78, 5) is 24.9. The summed E-state index contributed by atoms with van der Waals surface area (Å²) in [6, 6.07) is -1.17. The zero-order chi connectivity index (χ0) is 14.8. The monoisotopic (exact) mass is 485 g/mol. The number of ether oxygens (including phenoxy) is 1. The number of carbonyl (C=O) groups is 2. The summed E-state index contributed by atoms with van der Waals surface area (Å²) in [6.45, 7) is 2.79. The van der Waals surface area contributed by atoms with E-state index in [-0.39, 0.29) is 4.61 Å². The fraction of sp³-hybridized carbons (Fsp3) is 0.778. The molecular weight excluding hydrogens is 476 g/mol. The minimum Gasteiger partial charge on any atom is -0.453 e. The molecule has 2 aliphatic heterocycles. The van der Waals surface area contributed by atoms with E-state index in [9.17, 15) is 18.0 Å². The van der Waals surface area contributed by atoms with E-state index in [0.717, 1.165) is 4.90 Å². The van der Waals surface area contributed by atoms with Crippen LogP contribution >= 0.6 is 50.1 Å². The van der Waals surface area contributed by atoms with Crippen LogP contribution in [0.4, 0.5) is 0 Å². The maximum absolute atomic E-state index is 12.4. The highest BCUT2D eigenvalue weighted by molar-refractivity contribution is 14.1. The van der Waals surface area contributed by atoms with Gasteiger partial charge >= 0.3 is 5.97 Å². The zero-order valence-corrected chi connectivity index (χ0v) is 15.2. The molecule has 2 fully saturated rings. The third kappa shape index (κ3) is 1.80. The highest BCUT2D eigenvalue weighted by Crippen LogP contribution is 2.55. The molecule has 1 unspecified atom stereocenters. The Balaban J connectivity index is 2.53. The highest BCUT2D eigenvalue weighted by atomic mass is 127. The topological polar surface area (TPSA) is 80.8 Å². The normalized spacial score (nSPS) is 38.6. The van der Waals surface area contributed by atoms with Crippen molar-refractivity contribution in [2.45, 2.75) is 33.8 Å². The number of rotatable bonds is 2. The molecule has 0 aromatic carbocycles. The summed E-state index contributed by atoms with van der Waals surface area (Å²) >= 11 is 10.6. The zero-order valence-electron chi connectivity index (χ0n) is 9.89. The lowest BCUT2D eigenvalue weighted by atomic mass is 9.98. The van der Waals surface area contributed by atoms with E-state index < -0.39 is 41.7 Å². The molecule has 3 atom stereocenters. The summed E-state index contributed by atoms with van der Waals surface area (Å²) in [5.74, 6) is -1.37. The van der Waals surface area contributed by atoms with Gasteiger partial charge in [0.1, 0.15) is 15.4 Å². The number of hydrogen-bond acceptors (Lipinski definition) is 5. The molecule has 2 rings (SSSR count). The second kappa shape index (κ2) is 4.44. The lowest BCUT2D eigenvalue weighted by molar-refractivity contribution is -0.160. The minimum absolute atomic E-state index is 0.0796. The van der Waals surface area contributed by atoms with Crippen molar-refractivity contribution in [1.29, 1.82) is 0 Å². The van der Waals surface area contributed by atoms with Gasteiger partial charge in [-0.05, 0) is 36.4 Å². The summed E-state index contributed by atoms with van der Waals surface area (Å²) < 4.78 is 26.7. The van der Waals surface area contributed by atoms with E-state index in [4.69, 9.17) is 16.3 Å². The van der Waals surface area contributed by atoms with Crippen LogP contribution in [0.15, 0.2) is 0 Å². The number of sulfone groups is 1. The van der Waals surface area contributed by atoms with Crippen molar-refractivity contribution in [3.63, 3.8) is 0 Å². The molecular formula is C9H10BrClINO5S. The van der Waals surface area contributed by atoms with E-state index in [1.54, 1.807) is 0 Å². The first-order valence-electron chi connectivity index (χ1n) is 5.18. The van der Waals surface area contributed by atoms with Gasteiger partial charge in [0.15, 0.2) is 15.2 Å². The molecule has 2 aliphatic rings. The third-order valence-electron chi connectivity index (χ3n) is 3.47. The fourth-order valence-corrected chi connectivity index (χ4v) is 6.53. The van der Waals surface area contributed by atoms with Crippen LogP contribution in [0.3, 0.4) is 0 Å². The molecule has 0 aromatic rings. The average molecular weight is 487 g/mol. The Morgan fingerprint density at radius 2 is 2.11 bits per heavy atom. The lowest BCUT2D eigenvalue weighted by Crippen LogP contribution is -2.69. The average Bonchev–Trinajstić information content (AvgIpc) is 2.42. The molecule has 0 bridgehead atoms. The van der Waals surface area contributed by atoms with E-state index in [1.807, 2.05) is 22.6 Å². The summed E-state index contributed by atoms with van der Waals surface area (Å²) in [5.41, 5.74) is 0. The van der Waals surface area contributed by atoms with Gasteiger partial charge in [-0.25, -0.2) is 13.2 Å². The Hall–Kier alpha value is 0.390. The molecule has 0 saturated carbocycles. The second-order valence-electron chi connectivity index (χ2n) is 4.81. The predicted octanol–water partition coefficient (Wildman–Crippen LogP) is 0.996. The molecule has 2 saturated heterocycles. The van der Waals surface area contributed by atoms with Crippen LogP contribution in [-0.4, -0.2) is 49.8 Å². The van der Waals surface area contributed by atoms with Crippen LogP contribution in [-0.2, 0) is 24.2 Å². The van der Waals surface area contributed by atoms with E-state index in [2.05, 4.69) is 15.9 Å². The Morgan fingerprint density at radius 3 is 2.58 bits per heavy atom. The number of nitrogens with zero attached hydrogens (tertiary/aromatic N) is 1. The van der Waals surface area contributed by atoms with E-state index >= 15 is 0 Å². The van der Waals surface area contributed by atoms with Gasteiger partial charge in [-0.15, -0.1) is 0 Å². The summed E-state index contributed by atoms with van der Waals surface area (Å²) in [6.07, 6.45) is 0. The summed E-state index contributed by atoms with van der Waals surface area (Å²) in [7, 11) is -3.80. The van der Waals surface area contributed by atoms with Gasteiger partial charge in [-0.3, -0.25) is 4.79 Å². The van der Waals surface area contributed by atoms with Crippen LogP contribution in [0.5, 0.6) is 0 Å². The van der Waals surface area contributed by atoms with Crippen molar-refractivity contribution in [2.24, 2.45) is 0 Å². The molecule has 0 radical (unpaired) electrons. The molecule has 10 heteroatoms. The third-order valence-corrected chi connectivity index (χ3v) is 8.21. The van der Waals surface area contributed by atoms with Gasteiger partial charge in [-0.1, -0.05) is 27.5 Å². The summed E-state index contributed by atoms with van der Waals surface area (Å²) in [5, 5.41) is -1.25. The standard InChI is InChI=1S/C9H10BrClINO5S/c1-8(2)4(5(14)18-3-12)13-6(15)9(10,11)7(13)19(8,16)17/h4,7H,3H2,1-2H3/t4-,7+,9?/m0/s1. The molecule has 0 spiro atoms. The van der Waals surface area contributed by atoms with Crippen LogP contribution in [0.2, 0.25) is 0 Å². The van der Waals surface area contributed by atoms with Crippen molar-refractivity contribution in [1.82, 2.24) is 4.90 Å². The minimum atomic E-state index is -3.80. The first-order valence-corrected chi connectivity index (χ1v) is 9.42. The van der Waals surface area contributed by atoms with Gasteiger partial charge < -0.3 is 9.64 Å². The Labute approximate surface area is 137 Å². The Morgan fingerprint density at radius 1 is 1.58 bits per heavy atom. The molecule has 108 valence electrons. The quantitative estimate of drug-likeness (QED) is 0.252. The SMILES string of the molecule is CC1(C)[C@H](C(=O)OCI)N2C(=O)C(Cl)(Br)[C@H]2S1(=O)=O. The van der Waals surface area contributed by atoms with Crippen molar-refractivity contribution in [3.8, 4) is 0 Å². The molecule has 19 heavy (non-hydrogen) atoms. The van der Waals surface area contributed by atoms with Gasteiger partial charge in [-0.2, -0.15) is 0 Å². The van der Waals surface area contributed by atoms with Crippen molar-refractivity contribution >= 4 is 71.8 Å². The Kier molecular flexibility index (Phi) is 3.69. The number of hydrogen-bond donors (Lipinski definition) is 0. The van der Waals surface area contributed by atoms with Gasteiger partial charge in [0.25, 0.3) is 5.91 Å². The van der Waals surface area contributed by atoms with Gasteiger partial charge in [0.05, 0.1) is 0 Å². The van der Waals surface area contributed by atoms with Crippen LogP contribution in [0.1, 0.15) is 13.8 Å². The van der Waals surface area contributed by atoms with Crippen molar-refractivity contribution in [3.05, 3.63) is 0 Å². The maximum atomic E-state index is 12.4. The largest absolute Gasteiger partial charge is 0.453 e. The number of fused-ring (bicyclic) bond motifs is 1. The smallest absolute Gasteiger partial charge is 0.331 e. The molecule has 2 heterocycles. The number of amides is 1. The molecule has 0 aliphatic carbocycles. The van der Waals surface area contributed by atoms with Gasteiger partial charge in [0.2, 0.25) is 3.78 Å². The van der Waals surface area contributed by atoms with Crippen LogP contribution in [0, 0.1) is 0 Å². The lowest BCUT2D eigenvalue weighted by Gasteiger charge is -2.45.